The molecule has 6 heteroatoms. The van der Waals surface area contributed by atoms with Crippen LogP contribution in [0, 0.1) is 26.7 Å². The van der Waals surface area contributed by atoms with E-state index in [1.165, 1.54) is 0 Å². The molecule has 2 aromatic rings. The molecule has 0 saturated carbocycles. The Morgan fingerprint density at radius 3 is 2.63 bits per heavy atom. The molecule has 3 rings (SSSR count). The fraction of sp³-hybridized carbons (Fsp3) is 0.583. The van der Waals surface area contributed by atoms with Crippen LogP contribution in [-0.2, 0) is 11.3 Å². The van der Waals surface area contributed by atoms with Gasteiger partial charge in [0.05, 0.1) is 18.7 Å². The predicted octanol–water partition coefficient (Wildman–Crippen LogP) is 4.36. The van der Waals surface area contributed by atoms with E-state index in [9.17, 15) is 4.79 Å². The first kappa shape index (κ1) is 22.3. The van der Waals surface area contributed by atoms with Crippen molar-refractivity contribution in [3.63, 3.8) is 0 Å². The molecule has 30 heavy (non-hydrogen) atoms. The van der Waals surface area contributed by atoms with E-state index >= 15 is 0 Å². The van der Waals surface area contributed by atoms with Gasteiger partial charge in [-0.05, 0) is 77.3 Å². The lowest BCUT2D eigenvalue weighted by Gasteiger charge is -2.34. The van der Waals surface area contributed by atoms with E-state index in [-0.39, 0.29) is 11.8 Å². The lowest BCUT2D eigenvalue weighted by molar-refractivity contribution is -0.137. The number of nitrogens with zero attached hydrogens (tertiary/aromatic N) is 3. The topological polar surface area (TPSA) is 58.8 Å². The molecule has 0 radical (unpaired) electrons. The molecule has 164 valence electrons. The molecule has 6 nitrogen and oxygen atoms in total. The number of hydrogen-bond acceptors (Lipinski definition) is 5. The van der Waals surface area contributed by atoms with Crippen LogP contribution >= 0.6 is 0 Å². The van der Waals surface area contributed by atoms with Crippen molar-refractivity contribution in [1.82, 2.24) is 14.8 Å². The molecule has 1 aliphatic rings. The number of piperidine rings is 1. The van der Waals surface area contributed by atoms with Crippen molar-refractivity contribution < 1.29 is 13.9 Å². The predicted molar refractivity (Wildman–Crippen MR) is 119 cm³/mol. The monoisotopic (exact) mass is 413 g/mol. The maximum absolute atomic E-state index is 12.8. The normalized spacial score (nSPS) is 17.2. The smallest absolute Gasteiger partial charge is 0.226 e. The van der Waals surface area contributed by atoms with Gasteiger partial charge in [-0.3, -0.25) is 9.69 Å². The molecular formula is C24H35N3O3. The summed E-state index contributed by atoms with van der Waals surface area (Å²) >= 11 is 0. The SMILES string of the molecule is CCN(CC)C(=O)[C@H]1CCCN(Cc2nc(-c3cc(C)c(OC)cc3C)oc2C)C1. The molecule has 1 amide bonds. The highest BCUT2D eigenvalue weighted by atomic mass is 16.5. The van der Waals surface area contributed by atoms with Crippen molar-refractivity contribution in [2.75, 3.05) is 33.3 Å². The Labute approximate surface area is 180 Å². The largest absolute Gasteiger partial charge is 0.496 e. The number of amides is 1. The number of carbonyl (C=O) groups excluding carboxylic acids is 1. The third-order valence-corrected chi connectivity index (χ3v) is 6.17. The highest BCUT2D eigenvalue weighted by Crippen LogP contribution is 2.31. The van der Waals surface area contributed by atoms with Gasteiger partial charge in [-0.2, -0.15) is 0 Å². The second-order valence-corrected chi connectivity index (χ2v) is 8.24. The lowest BCUT2D eigenvalue weighted by atomic mass is 9.96. The van der Waals surface area contributed by atoms with Gasteiger partial charge in [0.15, 0.2) is 0 Å². The second-order valence-electron chi connectivity index (χ2n) is 8.24. The summed E-state index contributed by atoms with van der Waals surface area (Å²) in [5.74, 6) is 2.73. The van der Waals surface area contributed by atoms with Gasteiger partial charge in [-0.15, -0.1) is 0 Å². The zero-order valence-electron chi connectivity index (χ0n) is 19.2. The van der Waals surface area contributed by atoms with Crippen LogP contribution in [0.5, 0.6) is 5.75 Å². The van der Waals surface area contributed by atoms with E-state index in [1.807, 2.05) is 45.6 Å². The highest BCUT2D eigenvalue weighted by Gasteiger charge is 2.29. The number of methoxy groups -OCH3 is 1. The summed E-state index contributed by atoms with van der Waals surface area (Å²) in [6.07, 6.45) is 2.01. The van der Waals surface area contributed by atoms with E-state index in [0.29, 0.717) is 12.4 Å². The van der Waals surface area contributed by atoms with Gasteiger partial charge in [0.25, 0.3) is 0 Å². The Morgan fingerprint density at radius 2 is 1.97 bits per heavy atom. The number of likely N-dealkylation sites (tertiary alicyclic amines) is 1. The quantitative estimate of drug-likeness (QED) is 0.675. The number of carbonyl (C=O) groups is 1. The van der Waals surface area contributed by atoms with Crippen molar-refractivity contribution in [3.05, 3.63) is 34.7 Å². The summed E-state index contributed by atoms with van der Waals surface area (Å²) in [6.45, 7) is 14.2. The summed E-state index contributed by atoms with van der Waals surface area (Å²) in [6, 6.07) is 4.10. The van der Waals surface area contributed by atoms with Gasteiger partial charge in [0.2, 0.25) is 11.8 Å². The minimum absolute atomic E-state index is 0.0804. The van der Waals surface area contributed by atoms with E-state index in [0.717, 1.165) is 72.9 Å². The number of rotatable bonds is 7. The van der Waals surface area contributed by atoms with Gasteiger partial charge in [0.1, 0.15) is 11.5 Å². The summed E-state index contributed by atoms with van der Waals surface area (Å²) < 4.78 is 11.5. The van der Waals surface area contributed by atoms with Crippen LogP contribution in [0.3, 0.4) is 0 Å². The number of benzene rings is 1. The van der Waals surface area contributed by atoms with Crippen molar-refractivity contribution >= 4 is 5.91 Å². The standard InChI is InChI=1S/C24H35N3O3/c1-7-27(8-2)24(28)19-10-9-11-26(14-19)15-21-18(5)30-23(25-21)20-12-17(4)22(29-6)13-16(20)3/h12-13,19H,7-11,14-15H2,1-6H3/t19-/m0/s1. The number of oxazole rings is 1. The molecule has 1 aromatic carbocycles. The van der Waals surface area contributed by atoms with Gasteiger partial charge in [0, 0.05) is 31.7 Å². The average Bonchev–Trinajstić information content (AvgIpc) is 3.10. The third kappa shape index (κ3) is 4.69. The molecule has 0 spiro atoms. The van der Waals surface area contributed by atoms with Gasteiger partial charge in [-0.1, -0.05) is 0 Å². The highest BCUT2D eigenvalue weighted by molar-refractivity contribution is 5.79. The van der Waals surface area contributed by atoms with Crippen LogP contribution in [0.2, 0.25) is 0 Å². The second kappa shape index (κ2) is 9.65. The van der Waals surface area contributed by atoms with Crippen molar-refractivity contribution in [1.29, 1.82) is 0 Å². The molecular weight excluding hydrogens is 378 g/mol. The van der Waals surface area contributed by atoms with Gasteiger partial charge >= 0.3 is 0 Å². The van der Waals surface area contributed by atoms with Crippen LogP contribution in [0.15, 0.2) is 16.5 Å². The number of aryl methyl sites for hydroxylation is 3. The maximum atomic E-state index is 12.8. The molecule has 0 bridgehead atoms. The molecule has 1 aromatic heterocycles. The van der Waals surface area contributed by atoms with E-state index in [2.05, 4.69) is 11.0 Å². The Hall–Kier alpha value is -2.34. The molecule has 1 atom stereocenters. The Morgan fingerprint density at radius 1 is 1.23 bits per heavy atom. The molecule has 2 heterocycles. The van der Waals surface area contributed by atoms with E-state index in [4.69, 9.17) is 14.1 Å². The van der Waals surface area contributed by atoms with Crippen LogP contribution in [0.1, 0.15) is 49.3 Å². The van der Waals surface area contributed by atoms with Crippen molar-refractivity contribution in [2.45, 2.75) is 54.0 Å². The van der Waals surface area contributed by atoms with E-state index in [1.54, 1.807) is 7.11 Å². The van der Waals surface area contributed by atoms with Crippen LogP contribution < -0.4 is 4.74 Å². The minimum Gasteiger partial charge on any atom is -0.496 e. The first-order valence-corrected chi connectivity index (χ1v) is 11.0. The minimum atomic E-state index is 0.0804. The van der Waals surface area contributed by atoms with Crippen LogP contribution in [-0.4, -0.2) is 54.0 Å². The third-order valence-electron chi connectivity index (χ3n) is 6.17. The first-order chi connectivity index (χ1) is 14.4. The first-order valence-electron chi connectivity index (χ1n) is 11.0. The molecule has 0 unspecified atom stereocenters. The molecule has 1 saturated heterocycles. The Bertz CT molecular complexity index is 886. The Balaban J connectivity index is 1.75. The van der Waals surface area contributed by atoms with E-state index < -0.39 is 0 Å². The zero-order chi connectivity index (χ0) is 21.8. The number of ether oxygens (including phenoxy) is 1. The molecule has 0 aliphatic carbocycles. The summed E-state index contributed by atoms with van der Waals surface area (Å²) in [7, 11) is 1.69. The van der Waals surface area contributed by atoms with Gasteiger partial charge < -0.3 is 14.1 Å². The van der Waals surface area contributed by atoms with Crippen molar-refractivity contribution in [2.24, 2.45) is 5.92 Å². The Kier molecular flexibility index (Phi) is 7.19. The number of hydrogen-bond donors (Lipinski definition) is 0. The summed E-state index contributed by atoms with van der Waals surface area (Å²) in [5.41, 5.74) is 4.09. The maximum Gasteiger partial charge on any atom is 0.226 e. The molecule has 0 N–H and O–H groups in total. The fourth-order valence-electron chi connectivity index (χ4n) is 4.34. The molecule has 1 fully saturated rings. The van der Waals surface area contributed by atoms with Crippen LogP contribution in [0.25, 0.3) is 11.5 Å². The zero-order valence-corrected chi connectivity index (χ0v) is 19.2. The fourth-order valence-corrected chi connectivity index (χ4v) is 4.34. The van der Waals surface area contributed by atoms with Crippen LogP contribution in [0.4, 0.5) is 0 Å². The summed E-state index contributed by atoms with van der Waals surface area (Å²) in [5, 5.41) is 0. The molecule has 1 aliphatic heterocycles. The lowest BCUT2D eigenvalue weighted by Crippen LogP contribution is -2.44. The van der Waals surface area contributed by atoms with Gasteiger partial charge in [-0.25, -0.2) is 4.98 Å². The summed E-state index contributed by atoms with van der Waals surface area (Å²) in [4.78, 5) is 21.9. The van der Waals surface area contributed by atoms with Crippen molar-refractivity contribution in [3.8, 4) is 17.2 Å². The number of aromatic nitrogens is 1. The average molecular weight is 414 g/mol.